The third kappa shape index (κ3) is 6.76. The summed E-state index contributed by atoms with van der Waals surface area (Å²) in [5.41, 5.74) is 0. The van der Waals surface area contributed by atoms with Gasteiger partial charge in [-0.25, -0.2) is 0 Å². The highest BCUT2D eigenvalue weighted by atomic mass is 16.5. The van der Waals surface area contributed by atoms with E-state index >= 15 is 0 Å². The van der Waals surface area contributed by atoms with Crippen molar-refractivity contribution in [2.75, 3.05) is 32.8 Å². The van der Waals surface area contributed by atoms with Crippen molar-refractivity contribution in [3.05, 3.63) is 0 Å². The zero-order valence-electron chi connectivity index (χ0n) is 14.0. The molecule has 0 radical (unpaired) electrons. The maximum absolute atomic E-state index is 12.2. The third-order valence-electron chi connectivity index (χ3n) is 4.31. The molecule has 2 atom stereocenters. The van der Waals surface area contributed by atoms with Gasteiger partial charge in [0.25, 0.3) is 0 Å². The Hall–Kier alpha value is -0.650. The quantitative estimate of drug-likeness (QED) is 0.708. The summed E-state index contributed by atoms with van der Waals surface area (Å²) in [5.74, 6) is 0.764. The summed E-state index contributed by atoms with van der Waals surface area (Å²) < 4.78 is 5.22. The van der Waals surface area contributed by atoms with E-state index in [0.29, 0.717) is 25.7 Å². The van der Waals surface area contributed by atoms with Gasteiger partial charge in [0.05, 0.1) is 12.7 Å². The molecule has 0 spiro atoms. The van der Waals surface area contributed by atoms with Crippen molar-refractivity contribution in [3.63, 3.8) is 0 Å². The van der Waals surface area contributed by atoms with Gasteiger partial charge >= 0.3 is 0 Å². The first-order valence-electron chi connectivity index (χ1n) is 8.22. The van der Waals surface area contributed by atoms with Crippen LogP contribution >= 0.6 is 0 Å². The Labute approximate surface area is 129 Å². The molecule has 5 heteroatoms. The van der Waals surface area contributed by atoms with Gasteiger partial charge in [-0.05, 0) is 45.7 Å². The predicted octanol–water partition coefficient (Wildman–Crippen LogP) is 1.26. The molecule has 1 amide bonds. The van der Waals surface area contributed by atoms with Crippen molar-refractivity contribution in [2.45, 2.75) is 52.7 Å². The van der Waals surface area contributed by atoms with E-state index in [-0.39, 0.29) is 17.9 Å². The summed E-state index contributed by atoms with van der Waals surface area (Å²) >= 11 is 0. The number of amides is 1. The molecule has 124 valence electrons. The van der Waals surface area contributed by atoms with Crippen LogP contribution in [0.1, 0.15) is 40.5 Å². The highest BCUT2D eigenvalue weighted by molar-refractivity contribution is 5.79. The number of carbonyl (C=O) groups is 1. The van der Waals surface area contributed by atoms with Crippen LogP contribution in [0, 0.1) is 11.8 Å². The Morgan fingerprint density at radius 3 is 2.48 bits per heavy atom. The lowest BCUT2D eigenvalue weighted by Gasteiger charge is -2.33. The summed E-state index contributed by atoms with van der Waals surface area (Å²) in [6.45, 7) is 11.6. The number of rotatable bonds is 8. The van der Waals surface area contributed by atoms with Crippen LogP contribution in [0.3, 0.4) is 0 Å². The topological polar surface area (TPSA) is 61.8 Å². The van der Waals surface area contributed by atoms with Crippen molar-refractivity contribution in [3.8, 4) is 0 Å². The molecule has 1 aliphatic heterocycles. The first-order chi connectivity index (χ1) is 9.93. The molecule has 1 saturated heterocycles. The fraction of sp³-hybridized carbons (Fsp3) is 0.938. The summed E-state index contributed by atoms with van der Waals surface area (Å²) in [6, 6.07) is 0.226. The number of hydrogen-bond donors (Lipinski definition) is 2. The van der Waals surface area contributed by atoms with Crippen LogP contribution in [0.2, 0.25) is 0 Å². The van der Waals surface area contributed by atoms with Gasteiger partial charge in [0.15, 0.2) is 0 Å². The van der Waals surface area contributed by atoms with E-state index in [1.807, 2.05) is 6.92 Å². The summed E-state index contributed by atoms with van der Waals surface area (Å²) in [5, 5.41) is 12.9. The number of β-amino-alcohol motifs (C(OH)–C–C–N with tert-alkyl or cyclic N) is 1. The predicted molar refractivity (Wildman–Crippen MR) is 84.1 cm³/mol. The van der Waals surface area contributed by atoms with Crippen molar-refractivity contribution in [1.29, 1.82) is 0 Å². The lowest BCUT2D eigenvalue weighted by molar-refractivity contribution is -0.127. The van der Waals surface area contributed by atoms with Crippen molar-refractivity contribution < 1.29 is 14.6 Å². The largest absolute Gasteiger partial charge is 0.389 e. The number of piperidine rings is 1. The van der Waals surface area contributed by atoms with Crippen LogP contribution in [0.5, 0.6) is 0 Å². The standard InChI is InChI=1S/C16H32N2O3/c1-5-21-11-15(19)10-18-8-6-14(7-9-18)16(20)17-13(4)12(2)3/h12-15,19H,5-11H2,1-4H3,(H,17,20)/t13-,15-/m0/s1. The van der Waals surface area contributed by atoms with Crippen LogP contribution in [0.4, 0.5) is 0 Å². The van der Waals surface area contributed by atoms with Gasteiger partial charge in [0.1, 0.15) is 0 Å². The van der Waals surface area contributed by atoms with E-state index in [0.717, 1.165) is 25.9 Å². The molecule has 1 rings (SSSR count). The molecule has 1 heterocycles. The second-order valence-electron chi connectivity index (χ2n) is 6.43. The van der Waals surface area contributed by atoms with Gasteiger partial charge in [-0.15, -0.1) is 0 Å². The van der Waals surface area contributed by atoms with E-state index in [1.54, 1.807) is 0 Å². The average molecular weight is 300 g/mol. The van der Waals surface area contributed by atoms with Crippen LogP contribution in [0.25, 0.3) is 0 Å². The molecule has 0 aliphatic carbocycles. The molecule has 5 nitrogen and oxygen atoms in total. The highest BCUT2D eigenvalue weighted by Gasteiger charge is 2.26. The minimum Gasteiger partial charge on any atom is -0.389 e. The lowest BCUT2D eigenvalue weighted by Crippen LogP contribution is -2.46. The number of aliphatic hydroxyl groups is 1. The monoisotopic (exact) mass is 300 g/mol. The minimum atomic E-state index is -0.434. The van der Waals surface area contributed by atoms with E-state index in [2.05, 4.69) is 31.0 Å². The van der Waals surface area contributed by atoms with Crippen LogP contribution in [-0.2, 0) is 9.53 Å². The third-order valence-corrected chi connectivity index (χ3v) is 4.31. The Morgan fingerprint density at radius 2 is 1.95 bits per heavy atom. The molecule has 0 aromatic carbocycles. The maximum Gasteiger partial charge on any atom is 0.223 e. The van der Waals surface area contributed by atoms with Gasteiger partial charge in [-0.1, -0.05) is 13.8 Å². The number of carbonyl (C=O) groups excluding carboxylic acids is 1. The number of aliphatic hydroxyl groups excluding tert-OH is 1. The fourth-order valence-electron chi connectivity index (χ4n) is 2.49. The van der Waals surface area contributed by atoms with Gasteiger partial charge in [-0.2, -0.15) is 0 Å². The molecular formula is C16H32N2O3. The number of ether oxygens (including phenoxy) is 1. The smallest absolute Gasteiger partial charge is 0.223 e. The fourth-order valence-corrected chi connectivity index (χ4v) is 2.49. The average Bonchev–Trinajstić information content (AvgIpc) is 2.45. The molecule has 0 bridgehead atoms. The van der Waals surface area contributed by atoms with Gasteiger partial charge in [0.2, 0.25) is 5.91 Å². The van der Waals surface area contributed by atoms with E-state index in [9.17, 15) is 9.90 Å². The minimum absolute atomic E-state index is 0.117. The van der Waals surface area contributed by atoms with E-state index in [4.69, 9.17) is 4.74 Å². The molecule has 1 fully saturated rings. The maximum atomic E-state index is 12.2. The molecule has 0 saturated carbocycles. The number of nitrogens with zero attached hydrogens (tertiary/aromatic N) is 1. The number of hydrogen-bond acceptors (Lipinski definition) is 4. The SMILES string of the molecule is CCOC[C@@H](O)CN1CCC(C(=O)N[C@@H](C)C(C)C)CC1. The molecule has 0 aromatic rings. The van der Waals surface area contributed by atoms with Gasteiger partial charge < -0.3 is 20.1 Å². The Bertz CT molecular complexity index is 302. The van der Waals surface area contributed by atoms with Crippen molar-refractivity contribution >= 4 is 5.91 Å². The Morgan fingerprint density at radius 1 is 1.33 bits per heavy atom. The zero-order chi connectivity index (χ0) is 15.8. The zero-order valence-corrected chi connectivity index (χ0v) is 14.0. The highest BCUT2D eigenvalue weighted by Crippen LogP contribution is 2.18. The summed E-state index contributed by atoms with van der Waals surface area (Å²) in [4.78, 5) is 14.4. The summed E-state index contributed by atoms with van der Waals surface area (Å²) in [7, 11) is 0. The van der Waals surface area contributed by atoms with Crippen LogP contribution in [-0.4, -0.2) is 60.9 Å². The van der Waals surface area contributed by atoms with E-state index < -0.39 is 6.10 Å². The van der Waals surface area contributed by atoms with Crippen molar-refractivity contribution in [2.24, 2.45) is 11.8 Å². The second kappa shape index (κ2) is 9.38. The molecule has 0 unspecified atom stereocenters. The first-order valence-corrected chi connectivity index (χ1v) is 8.22. The number of nitrogens with one attached hydrogen (secondary N) is 1. The van der Waals surface area contributed by atoms with Gasteiger partial charge in [0, 0.05) is 25.1 Å². The van der Waals surface area contributed by atoms with Gasteiger partial charge in [-0.3, -0.25) is 4.79 Å². The molecule has 0 aromatic heterocycles. The molecule has 1 aliphatic rings. The van der Waals surface area contributed by atoms with Crippen LogP contribution < -0.4 is 5.32 Å². The molecule has 2 N–H and O–H groups in total. The number of likely N-dealkylation sites (tertiary alicyclic amines) is 1. The Balaban J connectivity index is 2.26. The van der Waals surface area contributed by atoms with E-state index in [1.165, 1.54) is 0 Å². The second-order valence-corrected chi connectivity index (χ2v) is 6.43. The normalized spacial score (nSPS) is 20.5. The van der Waals surface area contributed by atoms with Crippen LogP contribution in [0.15, 0.2) is 0 Å². The molecule has 21 heavy (non-hydrogen) atoms. The Kier molecular flexibility index (Phi) is 8.22. The molecular weight excluding hydrogens is 268 g/mol. The lowest BCUT2D eigenvalue weighted by atomic mass is 9.94. The first kappa shape index (κ1) is 18.4. The summed E-state index contributed by atoms with van der Waals surface area (Å²) in [6.07, 6.45) is 1.31. The van der Waals surface area contributed by atoms with Crippen molar-refractivity contribution in [1.82, 2.24) is 10.2 Å².